The van der Waals surface area contributed by atoms with Gasteiger partial charge in [0.05, 0.1) is 16.4 Å². The molecule has 0 aliphatic heterocycles. The van der Waals surface area contributed by atoms with Gasteiger partial charge in [0, 0.05) is 37.6 Å². The summed E-state index contributed by atoms with van der Waals surface area (Å²) in [5, 5.41) is 8.87. The summed E-state index contributed by atoms with van der Waals surface area (Å²) in [6, 6.07) is 7.52. The monoisotopic (exact) mass is 318 g/mol. The molecule has 118 valence electrons. The number of rotatable bonds is 5. The van der Waals surface area contributed by atoms with E-state index in [0.29, 0.717) is 6.54 Å². The van der Waals surface area contributed by atoms with E-state index in [4.69, 9.17) is 0 Å². The van der Waals surface area contributed by atoms with Crippen molar-refractivity contribution in [1.82, 2.24) is 10.3 Å². The molecule has 0 fully saturated rings. The molecule has 6 heteroatoms. The minimum Gasteiger partial charge on any atom is -0.376 e. The van der Waals surface area contributed by atoms with E-state index in [1.54, 1.807) is 11.3 Å². The molecule has 2 rings (SSSR count). The van der Waals surface area contributed by atoms with Gasteiger partial charge in [-0.05, 0) is 19.1 Å². The zero-order chi connectivity index (χ0) is 16.1. The number of thiazole rings is 1. The maximum absolute atomic E-state index is 12.1. The maximum atomic E-state index is 12.1. The third-order valence-corrected chi connectivity index (χ3v) is 4.46. The number of carbonyl (C=O) groups excluding carboxylic acids is 1. The molecule has 0 aliphatic carbocycles. The molecule has 1 heterocycles. The van der Waals surface area contributed by atoms with Gasteiger partial charge in [-0.2, -0.15) is 0 Å². The van der Waals surface area contributed by atoms with Crippen molar-refractivity contribution in [2.75, 3.05) is 30.9 Å². The third-order valence-electron chi connectivity index (χ3n) is 3.26. The van der Waals surface area contributed by atoms with E-state index in [0.717, 1.165) is 22.1 Å². The normalized spacial score (nSPS) is 11.8. The number of aryl methyl sites for hydroxylation is 1. The average Bonchev–Trinajstić information content (AvgIpc) is 2.92. The van der Waals surface area contributed by atoms with Gasteiger partial charge in [0.15, 0.2) is 0 Å². The number of hydrogen-bond donors (Lipinski definition) is 2. The van der Waals surface area contributed by atoms with Gasteiger partial charge in [-0.25, -0.2) is 9.78 Å². The minimum absolute atomic E-state index is 0.200. The molecule has 0 spiro atoms. The molecule has 0 unspecified atom stereocenters. The second kappa shape index (κ2) is 7.26. The molecule has 1 aromatic heterocycles. The molecule has 1 atom stereocenters. The van der Waals surface area contributed by atoms with E-state index < -0.39 is 0 Å². The Morgan fingerprint density at radius 3 is 2.73 bits per heavy atom. The fraction of sp³-hybridized carbons (Fsp3) is 0.375. The maximum Gasteiger partial charge on any atom is 0.319 e. The van der Waals surface area contributed by atoms with Gasteiger partial charge in [0.1, 0.15) is 0 Å². The third kappa shape index (κ3) is 4.21. The Hall–Kier alpha value is -2.08. The standard InChI is InChI=1S/C16H22N4OS/c1-11(15-18-12(2)10-22-15)9-17-16(21)19-13-7-5-6-8-14(13)20(3)4/h5-8,10-11H,9H2,1-4H3,(H2,17,19,21)/t11-/m1/s1. The molecule has 2 N–H and O–H groups in total. The summed E-state index contributed by atoms with van der Waals surface area (Å²) in [5.74, 6) is 0.202. The van der Waals surface area contributed by atoms with Crippen LogP contribution in [0.15, 0.2) is 29.6 Å². The molecular formula is C16H22N4OS. The number of benzene rings is 1. The average molecular weight is 318 g/mol. The van der Waals surface area contributed by atoms with Crippen LogP contribution in [-0.2, 0) is 0 Å². The molecule has 5 nitrogen and oxygen atoms in total. The largest absolute Gasteiger partial charge is 0.376 e. The number of amides is 2. The molecule has 0 saturated heterocycles. The van der Waals surface area contributed by atoms with Crippen LogP contribution in [0.25, 0.3) is 0 Å². The van der Waals surface area contributed by atoms with Crippen LogP contribution < -0.4 is 15.5 Å². The molecular weight excluding hydrogens is 296 g/mol. The van der Waals surface area contributed by atoms with Crippen molar-refractivity contribution in [2.24, 2.45) is 0 Å². The fourth-order valence-electron chi connectivity index (χ4n) is 2.07. The van der Waals surface area contributed by atoms with E-state index in [9.17, 15) is 4.79 Å². The van der Waals surface area contributed by atoms with E-state index >= 15 is 0 Å². The van der Waals surface area contributed by atoms with E-state index in [2.05, 4.69) is 22.5 Å². The molecule has 0 bridgehead atoms. The molecule has 22 heavy (non-hydrogen) atoms. The summed E-state index contributed by atoms with van der Waals surface area (Å²) in [6.45, 7) is 4.60. The lowest BCUT2D eigenvalue weighted by molar-refractivity contribution is 0.251. The zero-order valence-corrected chi connectivity index (χ0v) is 14.2. The Morgan fingerprint density at radius 2 is 2.09 bits per heavy atom. The number of urea groups is 1. The summed E-state index contributed by atoms with van der Waals surface area (Å²) in [4.78, 5) is 18.5. The second-order valence-corrected chi connectivity index (χ2v) is 6.36. The predicted molar refractivity (Wildman–Crippen MR) is 93.1 cm³/mol. The van der Waals surface area contributed by atoms with Gasteiger partial charge in [0.2, 0.25) is 0 Å². The van der Waals surface area contributed by atoms with Gasteiger partial charge in [-0.1, -0.05) is 19.1 Å². The molecule has 0 radical (unpaired) electrons. The van der Waals surface area contributed by atoms with Gasteiger partial charge in [-0.15, -0.1) is 11.3 Å². The van der Waals surface area contributed by atoms with Crippen molar-refractivity contribution in [3.63, 3.8) is 0 Å². The first-order chi connectivity index (χ1) is 10.5. The first kappa shape index (κ1) is 16.3. The van der Waals surface area contributed by atoms with Crippen LogP contribution in [0.1, 0.15) is 23.5 Å². The van der Waals surface area contributed by atoms with Gasteiger partial charge < -0.3 is 15.5 Å². The van der Waals surface area contributed by atoms with Crippen LogP contribution in [-0.4, -0.2) is 31.7 Å². The zero-order valence-electron chi connectivity index (χ0n) is 13.4. The first-order valence-corrected chi connectivity index (χ1v) is 8.08. The summed E-state index contributed by atoms with van der Waals surface area (Å²) in [5.41, 5.74) is 2.79. The fourth-order valence-corrected chi connectivity index (χ4v) is 2.92. The molecule has 2 amide bonds. The number of nitrogens with zero attached hydrogens (tertiary/aromatic N) is 2. The summed E-state index contributed by atoms with van der Waals surface area (Å²) in [6.07, 6.45) is 0. The van der Waals surface area contributed by atoms with Crippen molar-refractivity contribution < 1.29 is 4.79 Å². The number of carbonyl (C=O) groups is 1. The van der Waals surface area contributed by atoms with E-state index in [-0.39, 0.29) is 11.9 Å². The van der Waals surface area contributed by atoms with E-state index in [1.807, 2.05) is 55.6 Å². The lowest BCUT2D eigenvalue weighted by Crippen LogP contribution is -2.32. The van der Waals surface area contributed by atoms with Crippen LogP contribution in [0.5, 0.6) is 0 Å². The summed E-state index contributed by atoms with van der Waals surface area (Å²) >= 11 is 1.63. The lowest BCUT2D eigenvalue weighted by Gasteiger charge is -2.18. The summed E-state index contributed by atoms with van der Waals surface area (Å²) < 4.78 is 0. The van der Waals surface area contributed by atoms with Crippen LogP contribution in [0, 0.1) is 6.92 Å². The quantitative estimate of drug-likeness (QED) is 0.888. The van der Waals surface area contributed by atoms with Gasteiger partial charge in [0.25, 0.3) is 0 Å². The number of anilines is 2. The van der Waals surface area contributed by atoms with Crippen molar-refractivity contribution in [3.8, 4) is 0 Å². The van der Waals surface area contributed by atoms with Gasteiger partial charge >= 0.3 is 6.03 Å². The van der Waals surface area contributed by atoms with Crippen LogP contribution >= 0.6 is 11.3 Å². The first-order valence-electron chi connectivity index (χ1n) is 7.20. The van der Waals surface area contributed by atoms with Crippen molar-refractivity contribution in [3.05, 3.63) is 40.3 Å². The number of para-hydroxylation sites is 2. The highest BCUT2D eigenvalue weighted by Gasteiger charge is 2.12. The second-order valence-electron chi connectivity index (χ2n) is 5.47. The molecule has 2 aromatic rings. The topological polar surface area (TPSA) is 57.3 Å². The molecule has 0 saturated carbocycles. The van der Waals surface area contributed by atoms with Crippen molar-refractivity contribution in [2.45, 2.75) is 19.8 Å². The Labute approximate surface area is 135 Å². The highest BCUT2D eigenvalue weighted by atomic mass is 32.1. The Kier molecular flexibility index (Phi) is 5.38. The molecule has 0 aliphatic rings. The SMILES string of the molecule is Cc1csc([C@H](C)CNC(=O)Nc2ccccc2N(C)C)n1. The number of nitrogens with one attached hydrogen (secondary N) is 2. The van der Waals surface area contributed by atoms with Crippen LogP contribution in [0.4, 0.5) is 16.2 Å². The predicted octanol–water partition coefficient (Wildman–Crippen LogP) is 3.44. The Bertz CT molecular complexity index is 639. The highest BCUT2D eigenvalue weighted by molar-refractivity contribution is 7.09. The number of hydrogen-bond acceptors (Lipinski definition) is 4. The lowest BCUT2D eigenvalue weighted by atomic mass is 10.2. The molecule has 1 aromatic carbocycles. The van der Waals surface area contributed by atoms with Crippen LogP contribution in [0.2, 0.25) is 0 Å². The van der Waals surface area contributed by atoms with Crippen molar-refractivity contribution in [1.29, 1.82) is 0 Å². The minimum atomic E-state index is -0.200. The van der Waals surface area contributed by atoms with Gasteiger partial charge in [-0.3, -0.25) is 0 Å². The summed E-state index contributed by atoms with van der Waals surface area (Å²) in [7, 11) is 3.90. The van der Waals surface area contributed by atoms with E-state index in [1.165, 1.54) is 0 Å². The highest BCUT2D eigenvalue weighted by Crippen LogP contribution is 2.23. The number of aromatic nitrogens is 1. The smallest absolute Gasteiger partial charge is 0.319 e. The van der Waals surface area contributed by atoms with Crippen molar-refractivity contribution >= 4 is 28.7 Å². The van der Waals surface area contributed by atoms with Crippen LogP contribution in [0.3, 0.4) is 0 Å². The Balaban J connectivity index is 1.91. The Morgan fingerprint density at radius 1 is 1.36 bits per heavy atom.